The van der Waals surface area contributed by atoms with Gasteiger partial charge in [0.25, 0.3) is 0 Å². The minimum Gasteiger partial charge on any atom is -0.304 e. The Kier molecular flexibility index (Phi) is 11.5. The average molecular weight is 752 g/mol. The summed E-state index contributed by atoms with van der Waals surface area (Å²) in [5.74, 6) is 1.34. The molecular formula is C40H37IrN3-2. The summed E-state index contributed by atoms with van der Waals surface area (Å²) < 4.78 is 0. The van der Waals surface area contributed by atoms with E-state index in [0.717, 1.165) is 34.6 Å². The normalized spacial score (nSPS) is 10.5. The molecule has 4 heteroatoms. The number of pyridine rings is 1. The Morgan fingerprint density at radius 1 is 0.636 bits per heavy atom. The van der Waals surface area contributed by atoms with Gasteiger partial charge in [-0.25, -0.2) is 0 Å². The van der Waals surface area contributed by atoms with E-state index in [0.29, 0.717) is 5.92 Å². The van der Waals surface area contributed by atoms with Crippen LogP contribution in [0, 0.1) is 38.8 Å². The zero-order valence-electron chi connectivity index (χ0n) is 25.9. The second-order valence-corrected chi connectivity index (χ2v) is 11.4. The van der Waals surface area contributed by atoms with E-state index in [4.69, 9.17) is 0 Å². The van der Waals surface area contributed by atoms with E-state index in [1.807, 2.05) is 48.9 Å². The van der Waals surface area contributed by atoms with E-state index in [2.05, 4.69) is 128 Å². The SMILES string of the molecule is CC(C)Cc1cnc(-c2[c-]ccc(-c3ccccc3)c2)nc1.Cc1cnc(-c2[c-]cc(-c3ccccc3)c(C)c2)c(C)c1.[Ir]. The van der Waals surface area contributed by atoms with Gasteiger partial charge in [0, 0.05) is 38.7 Å². The van der Waals surface area contributed by atoms with E-state index in [1.165, 1.54) is 38.9 Å². The van der Waals surface area contributed by atoms with Crippen LogP contribution >= 0.6 is 0 Å². The molecule has 0 aliphatic carbocycles. The maximum Gasteiger partial charge on any atom is 0.0748 e. The monoisotopic (exact) mass is 752 g/mol. The fraction of sp³-hybridized carbons (Fsp3) is 0.175. The quantitative estimate of drug-likeness (QED) is 0.159. The molecule has 2 heterocycles. The van der Waals surface area contributed by atoms with Crippen LogP contribution in [0.4, 0.5) is 0 Å². The number of aromatic nitrogens is 3. The molecule has 1 radical (unpaired) electrons. The van der Waals surface area contributed by atoms with Crippen LogP contribution in [0.1, 0.15) is 36.1 Å². The molecule has 0 N–H and O–H groups in total. The molecule has 6 aromatic rings. The molecule has 0 saturated carbocycles. The number of benzene rings is 4. The number of hydrogen-bond donors (Lipinski definition) is 0. The Morgan fingerprint density at radius 3 is 1.91 bits per heavy atom. The summed E-state index contributed by atoms with van der Waals surface area (Å²) in [4.78, 5) is 13.5. The fourth-order valence-corrected chi connectivity index (χ4v) is 5.14. The Balaban J connectivity index is 0.000000197. The van der Waals surface area contributed by atoms with Crippen molar-refractivity contribution in [1.29, 1.82) is 0 Å². The largest absolute Gasteiger partial charge is 0.304 e. The van der Waals surface area contributed by atoms with Gasteiger partial charge in [-0.15, -0.1) is 64.7 Å². The second-order valence-electron chi connectivity index (χ2n) is 11.4. The predicted octanol–water partition coefficient (Wildman–Crippen LogP) is 9.95. The Hall–Kier alpha value is -4.24. The van der Waals surface area contributed by atoms with Crippen LogP contribution in [0.3, 0.4) is 0 Å². The van der Waals surface area contributed by atoms with Gasteiger partial charge in [0.05, 0.1) is 5.82 Å². The standard InChI is InChI=1S/C20H19N2.C20H18N.Ir/c1-15(2)11-16-13-21-20(22-14-16)19-10-6-9-18(12-19)17-7-4-3-5-8-17;1-14-11-16(3)20(21-13-14)18-9-10-19(15(2)12-18)17-7-5-4-6-8-17;/h3-9,12-15H,11H2,1-2H3;4-8,10-13H,1-3H3;/q2*-1;. The number of hydrogen-bond acceptors (Lipinski definition) is 3. The van der Waals surface area contributed by atoms with Crippen molar-refractivity contribution in [3.63, 3.8) is 0 Å². The van der Waals surface area contributed by atoms with Crippen molar-refractivity contribution in [3.05, 3.63) is 150 Å². The first-order valence-corrected chi connectivity index (χ1v) is 14.8. The van der Waals surface area contributed by atoms with Gasteiger partial charge >= 0.3 is 0 Å². The van der Waals surface area contributed by atoms with Crippen LogP contribution in [0.2, 0.25) is 0 Å². The number of rotatable bonds is 6. The van der Waals surface area contributed by atoms with Crippen molar-refractivity contribution in [2.45, 2.75) is 41.0 Å². The minimum atomic E-state index is 0. The molecule has 0 bridgehead atoms. The van der Waals surface area contributed by atoms with Crippen molar-refractivity contribution < 1.29 is 20.1 Å². The molecule has 0 saturated heterocycles. The molecule has 0 atom stereocenters. The summed E-state index contributed by atoms with van der Waals surface area (Å²) in [6, 6.07) is 39.9. The third-order valence-electron chi connectivity index (χ3n) is 7.21. The van der Waals surface area contributed by atoms with Gasteiger partial charge < -0.3 is 4.98 Å². The Morgan fingerprint density at radius 2 is 1.30 bits per heavy atom. The molecule has 0 aliphatic rings. The molecule has 0 fully saturated rings. The van der Waals surface area contributed by atoms with Crippen LogP contribution in [-0.2, 0) is 26.5 Å². The molecule has 0 unspecified atom stereocenters. The Labute approximate surface area is 275 Å². The minimum absolute atomic E-state index is 0. The van der Waals surface area contributed by atoms with Gasteiger partial charge in [-0.1, -0.05) is 104 Å². The van der Waals surface area contributed by atoms with Crippen molar-refractivity contribution in [1.82, 2.24) is 15.0 Å². The van der Waals surface area contributed by atoms with Crippen molar-refractivity contribution >= 4 is 0 Å². The van der Waals surface area contributed by atoms with Gasteiger partial charge in [-0.3, -0.25) is 9.97 Å². The van der Waals surface area contributed by atoms with E-state index >= 15 is 0 Å². The zero-order valence-corrected chi connectivity index (χ0v) is 28.3. The summed E-state index contributed by atoms with van der Waals surface area (Å²) in [5, 5.41) is 0. The van der Waals surface area contributed by atoms with Crippen LogP contribution in [-0.4, -0.2) is 15.0 Å². The maximum atomic E-state index is 4.56. The van der Waals surface area contributed by atoms with Crippen molar-refractivity contribution in [3.8, 4) is 44.9 Å². The third kappa shape index (κ3) is 8.44. The predicted molar refractivity (Wildman–Crippen MR) is 178 cm³/mol. The van der Waals surface area contributed by atoms with E-state index < -0.39 is 0 Å². The smallest absolute Gasteiger partial charge is 0.0748 e. The molecule has 223 valence electrons. The topological polar surface area (TPSA) is 38.7 Å². The molecule has 6 rings (SSSR count). The average Bonchev–Trinajstić information content (AvgIpc) is 3.02. The van der Waals surface area contributed by atoms with Crippen molar-refractivity contribution in [2.75, 3.05) is 0 Å². The van der Waals surface area contributed by atoms with Gasteiger partial charge in [-0.2, -0.15) is 0 Å². The van der Waals surface area contributed by atoms with Gasteiger partial charge in [-0.05, 0) is 48.6 Å². The molecular weight excluding hydrogens is 715 g/mol. The summed E-state index contributed by atoms with van der Waals surface area (Å²) in [6.45, 7) is 10.7. The van der Waals surface area contributed by atoms with Crippen LogP contribution < -0.4 is 0 Å². The first-order valence-electron chi connectivity index (χ1n) is 14.8. The summed E-state index contributed by atoms with van der Waals surface area (Å²) in [5.41, 5.74) is 12.6. The van der Waals surface area contributed by atoms with Gasteiger partial charge in [0.2, 0.25) is 0 Å². The van der Waals surface area contributed by atoms with E-state index in [-0.39, 0.29) is 20.1 Å². The summed E-state index contributed by atoms with van der Waals surface area (Å²) in [6.07, 6.45) is 6.77. The molecule has 0 spiro atoms. The number of aryl methyl sites for hydroxylation is 3. The van der Waals surface area contributed by atoms with Crippen LogP contribution in [0.25, 0.3) is 44.9 Å². The summed E-state index contributed by atoms with van der Waals surface area (Å²) in [7, 11) is 0. The molecule has 4 aromatic carbocycles. The second kappa shape index (κ2) is 15.5. The number of nitrogens with zero attached hydrogens (tertiary/aromatic N) is 3. The van der Waals surface area contributed by atoms with Crippen LogP contribution in [0.15, 0.2) is 116 Å². The van der Waals surface area contributed by atoms with Crippen molar-refractivity contribution in [2.24, 2.45) is 5.92 Å². The zero-order chi connectivity index (χ0) is 30.2. The van der Waals surface area contributed by atoms with Gasteiger partial charge in [0.15, 0.2) is 0 Å². The van der Waals surface area contributed by atoms with E-state index in [9.17, 15) is 0 Å². The third-order valence-corrected chi connectivity index (χ3v) is 7.21. The molecule has 44 heavy (non-hydrogen) atoms. The molecule has 0 aliphatic heterocycles. The molecule has 2 aromatic heterocycles. The van der Waals surface area contributed by atoms with Crippen LogP contribution in [0.5, 0.6) is 0 Å². The molecule has 3 nitrogen and oxygen atoms in total. The fourth-order valence-electron chi connectivity index (χ4n) is 5.14. The first-order chi connectivity index (χ1) is 20.9. The maximum absolute atomic E-state index is 4.56. The Bertz CT molecular complexity index is 1780. The van der Waals surface area contributed by atoms with Gasteiger partial charge in [0.1, 0.15) is 0 Å². The molecule has 0 amide bonds. The summed E-state index contributed by atoms with van der Waals surface area (Å²) >= 11 is 0. The van der Waals surface area contributed by atoms with E-state index in [1.54, 1.807) is 0 Å². The first kappa shape index (κ1) is 32.7.